The molecule has 0 saturated carbocycles. The quantitative estimate of drug-likeness (QED) is 0.483. The van der Waals surface area contributed by atoms with Gasteiger partial charge < -0.3 is 14.0 Å². The maximum atomic E-state index is 5.87. The minimum absolute atomic E-state index is 0.648. The van der Waals surface area contributed by atoms with Gasteiger partial charge in [-0.1, -0.05) is 36.4 Å². The molecule has 0 amide bonds. The van der Waals surface area contributed by atoms with E-state index in [0.29, 0.717) is 5.92 Å². The van der Waals surface area contributed by atoms with Gasteiger partial charge in [-0.15, -0.1) is 0 Å². The lowest BCUT2D eigenvalue weighted by atomic mass is 9.89. The van der Waals surface area contributed by atoms with Crippen LogP contribution < -0.4 is 4.74 Å². The highest BCUT2D eigenvalue weighted by Gasteiger charge is 2.23. The second-order valence-electron chi connectivity index (χ2n) is 7.92. The number of rotatable bonds is 9. The molecule has 1 saturated heterocycles. The molecule has 2 heterocycles. The van der Waals surface area contributed by atoms with Crippen molar-refractivity contribution in [2.45, 2.75) is 31.7 Å². The first kappa shape index (κ1) is 20.0. The number of aromatic nitrogens is 1. The van der Waals surface area contributed by atoms with Crippen molar-refractivity contribution in [3.8, 4) is 5.75 Å². The van der Waals surface area contributed by atoms with Crippen LogP contribution in [0, 0.1) is 0 Å². The predicted octanol–water partition coefficient (Wildman–Crippen LogP) is 4.94. The fourth-order valence-electron chi connectivity index (χ4n) is 4.44. The largest absolute Gasteiger partial charge is 0.492 e. The summed E-state index contributed by atoms with van der Waals surface area (Å²) in [5, 5.41) is 1.43. The maximum absolute atomic E-state index is 5.87. The first-order valence-corrected chi connectivity index (χ1v) is 10.8. The van der Waals surface area contributed by atoms with E-state index in [0.717, 1.165) is 51.6 Å². The Balaban J connectivity index is 1.34. The molecule has 0 radical (unpaired) electrons. The van der Waals surface area contributed by atoms with Crippen LogP contribution in [0.5, 0.6) is 5.75 Å². The van der Waals surface area contributed by atoms with Gasteiger partial charge in [-0.25, -0.2) is 0 Å². The Morgan fingerprint density at radius 1 is 0.897 bits per heavy atom. The lowest BCUT2D eigenvalue weighted by Gasteiger charge is -2.31. The standard InChI is InChI=1S/C25H32N2O2/c1-28-18-7-14-27-20-24(23-10-5-6-11-25(23)27)21-12-15-26(16-13-21)17-19-29-22-8-3-2-4-9-22/h2-6,8-11,20-21H,7,12-19H2,1H3. The van der Waals surface area contributed by atoms with E-state index < -0.39 is 0 Å². The normalized spacial score (nSPS) is 15.8. The van der Waals surface area contributed by atoms with Crippen molar-refractivity contribution >= 4 is 10.9 Å². The van der Waals surface area contributed by atoms with Crippen LogP contribution in [0.15, 0.2) is 60.8 Å². The van der Waals surface area contributed by atoms with Crippen LogP contribution in [0.4, 0.5) is 0 Å². The first-order chi connectivity index (χ1) is 14.3. The summed E-state index contributed by atoms with van der Waals surface area (Å²) in [6.45, 7) is 5.88. The van der Waals surface area contributed by atoms with Crippen LogP contribution in [-0.2, 0) is 11.3 Å². The average molecular weight is 393 g/mol. The highest BCUT2D eigenvalue weighted by molar-refractivity contribution is 5.84. The maximum Gasteiger partial charge on any atom is 0.119 e. The van der Waals surface area contributed by atoms with Gasteiger partial charge in [0, 0.05) is 43.9 Å². The second-order valence-corrected chi connectivity index (χ2v) is 7.92. The number of hydrogen-bond acceptors (Lipinski definition) is 3. The first-order valence-electron chi connectivity index (χ1n) is 10.8. The molecule has 0 atom stereocenters. The molecule has 0 unspecified atom stereocenters. The molecule has 154 valence electrons. The van der Waals surface area contributed by atoms with Gasteiger partial charge in [-0.3, -0.25) is 4.90 Å². The number of piperidine rings is 1. The van der Waals surface area contributed by atoms with Crippen LogP contribution in [-0.4, -0.2) is 49.4 Å². The molecule has 0 bridgehead atoms. The molecular weight excluding hydrogens is 360 g/mol. The molecule has 3 aromatic rings. The van der Waals surface area contributed by atoms with Crippen LogP contribution in [0.25, 0.3) is 10.9 Å². The Hall–Kier alpha value is -2.30. The van der Waals surface area contributed by atoms with Gasteiger partial charge in [0.05, 0.1) is 0 Å². The van der Waals surface area contributed by atoms with Gasteiger partial charge in [0.2, 0.25) is 0 Å². The number of methoxy groups -OCH3 is 1. The molecule has 1 aromatic heterocycles. The average Bonchev–Trinajstić information content (AvgIpc) is 3.14. The van der Waals surface area contributed by atoms with Crippen molar-refractivity contribution in [2.24, 2.45) is 0 Å². The van der Waals surface area contributed by atoms with E-state index in [1.165, 1.54) is 29.3 Å². The van der Waals surface area contributed by atoms with Crippen LogP contribution in [0.1, 0.15) is 30.7 Å². The van der Waals surface area contributed by atoms with Gasteiger partial charge in [0.1, 0.15) is 12.4 Å². The molecule has 1 aliphatic rings. The van der Waals surface area contributed by atoms with E-state index in [-0.39, 0.29) is 0 Å². The third kappa shape index (κ3) is 5.01. The zero-order valence-corrected chi connectivity index (χ0v) is 17.4. The summed E-state index contributed by atoms with van der Waals surface area (Å²) in [4.78, 5) is 2.54. The fraction of sp³-hybridized carbons (Fsp3) is 0.440. The Morgan fingerprint density at radius 2 is 1.66 bits per heavy atom. The Kier molecular flexibility index (Phi) is 6.86. The lowest BCUT2D eigenvalue weighted by Crippen LogP contribution is -2.35. The third-order valence-corrected chi connectivity index (χ3v) is 6.01. The van der Waals surface area contributed by atoms with E-state index in [9.17, 15) is 0 Å². The summed E-state index contributed by atoms with van der Waals surface area (Å²) in [6.07, 6.45) is 5.89. The number of aryl methyl sites for hydroxylation is 1. The number of fused-ring (bicyclic) bond motifs is 1. The van der Waals surface area contributed by atoms with E-state index in [1.807, 2.05) is 30.3 Å². The Bertz CT molecular complexity index is 882. The van der Waals surface area contributed by atoms with Crippen molar-refractivity contribution in [3.05, 3.63) is 66.4 Å². The third-order valence-electron chi connectivity index (χ3n) is 6.01. The summed E-state index contributed by atoms with van der Waals surface area (Å²) < 4.78 is 13.5. The molecule has 1 aliphatic heterocycles. The second kappa shape index (κ2) is 9.95. The van der Waals surface area contributed by atoms with E-state index in [2.05, 4.69) is 39.9 Å². The van der Waals surface area contributed by atoms with Crippen LogP contribution in [0.3, 0.4) is 0 Å². The predicted molar refractivity (Wildman–Crippen MR) is 119 cm³/mol. The molecule has 4 heteroatoms. The van der Waals surface area contributed by atoms with Crippen molar-refractivity contribution < 1.29 is 9.47 Å². The van der Waals surface area contributed by atoms with Crippen molar-refractivity contribution in [1.82, 2.24) is 9.47 Å². The molecule has 1 fully saturated rings. The van der Waals surface area contributed by atoms with Gasteiger partial charge in [0.15, 0.2) is 0 Å². The molecule has 29 heavy (non-hydrogen) atoms. The number of nitrogens with zero attached hydrogens (tertiary/aromatic N) is 2. The van der Waals surface area contributed by atoms with E-state index in [4.69, 9.17) is 9.47 Å². The molecule has 4 rings (SSSR count). The molecule has 0 aliphatic carbocycles. The molecule has 0 spiro atoms. The smallest absolute Gasteiger partial charge is 0.119 e. The van der Waals surface area contributed by atoms with Crippen molar-refractivity contribution in [1.29, 1.82) is 0 Å². The van der Waals surface area contributed by atoms with Gasteiger partial charge in [-0.05, 0) is 62.0 Å². The van der Waals surface area contributed by atoms with Crippen LogP contribution in [0.2, 0.25) is 0 Å². The van der Waals surface area contributed by atoms with Crippen molar-refractivity contribution in [3.63, 3.8) is 0 Å². The number of para-hydroxylation sites is 2. The number of hydrogen-bond donors (Lipinski definition) is 0. The minimum atomic E-state index is 0.648. The summed E-state index contributed by atoms with van der Waals surface area (Å²) in [7, 11) is 1.78. The molecular formula is C25H32N2O2. The zero-order chi connectivity index (χ0) is 19.9. The monoisotopic (exact) mass is 392 g/mol. The number of likely N-dealkylation sites (tertiary alicyclic amines) is 1. The summed E-state index contributed by atoms with van der Waals surface area (Å²) in [5.41, 5.74) is 2.88. The topological polar surface area (TPSA) is 26.6 Å². The Labute approximate surface area is 174 Å². The summed E-state index contributed by atoms with van der Waals surface area (Å²) in [6, 6.07) is 19.0. The van der Waals surface area contributed by atoms with Crippen molar-refractivity contribution in [2.75, 3.05) is 40.0 Å². The van der Waals surface area contributed by atoms with E-state index >= 15 is 0 Å². The fourth-order valence-corrected chi connectivity index (χ4v) is 4.44. The number of ether oxygens (including phenoxy) is 2. The van der Waals surface area contributed by atoms with Gasteiger partial charge in [0.25, 0.3) is 0 Å². The van der Waals surface area contributed by atoms with Crippen LogP contribution >= 0.6 is 0 Å². The summed E-state index contributed by atoms with van der Waals surface area (Å²) in [5.74, 6) is 1.61. The Morgan fingerprint density at radius 3 is 2.45 bits per heavy atom. The SMILES string of the molecule is COCCCn1cc(C2CCN(CCOc3ccccc3)CC2)c2ccccc21. The molecule has 0 N–H and O–H groups in total. The van der Waals surface area contributed by atoms with E-state index in [1.54, 1.807) is 7.11 Å². The lowest BCUT2D eigenvalue weighted by molar-refractivity contribution is 0.173. The highest BCUT2D eigenvalue weighted by Crippen LogP contribution is 2.34. The molecule has 4 nitrogen and oxygen atoms in total. The van der Waals surface area contributed by atoms with Gasteiger partial charge >= 0.3 is 0 Å². The zero-order valence-electron chi connectivity index (χ0n) is 17.4. The minimum Gasteiger partial charge on any atom is -0.492 e. The summed E-state index contributed by atoms with van der Waals surface area (Å²) >= 11 is 0. The number of benzene rings is 2. The molecule has 2 aromatic carbocycles. The van der Waals surface area contributed by atoms with Gasteiger partial charge in [-0.2, -0.15) is 0 Å². The highest BCUT2D eigenvalue weighted by atomic mass is 16.5.